The Hall–Kier alpha value is -0.450. The average molecular weight is 240 g/mol. The lowest BCUT2D eigenvalue weighted by atomic mass is 9.94. The van der Waals surface area contributed by atoms with E-state index in [2.05, 4.69) is 16.7 Å². The van der Waals surface area contributed by atoms with E-state index in [4.69, 9.17) is 4.74 Å². The van der Waals surface area contributed by atoms with Gasteiger partial charge in [-0.15, -0.1) is 0 Å². The second kappa shape index (κ2) is 6.47. The molecule has 1 atom stereocenters. The van der Waals surface area contributed by atoms with Gasteiger partial charge in [0.2, 0.25) is 0 Å². The fourth-order valence-electron chi connectivity index (χ4n) is 2.64. The van der Waals surface area contributed by atoms with Crippen LogP contribution in [0.1, 0.15) is 19.8 Å². The molecular weight excluding hydrogens is 216 g/mol. The lowest BCUT2D eigenvalue weighted by Crippen LogP contribution is -2.46. The molecule has 0 radical (unpaired) electrons. The number of Topliss-reactive ketones (excluding diaryl/α,β-unsaturated/α-hetero) is 1. The van der Waals surface area contributed by atoms with Crippen LogP contribution >= 0.6 is 0 Å². The zero-order valence-corrected chi connectivity index (χ0v) is 10.9. The summed E-state index contributed by atoms with van der Waals surface area (Å²) in [7, 11) is 0. The molecule has 17 heavy (non-hydrogen) atoms. The third-order valence-electron chi connectivity index (χ3n) is 3.94. The number of likely N-dealkylation sites (tertiary alicyclic amines) is 1. The highest BCUT2D eigenvalue weighted by Crippen LogP contribution is 2.15. The van der Waals surface area contributed by atoms with Crippen molar-refractivity contribution in [2.45, 2.75) is 19.8 Å². The Labute approximate surface area is 104 Å². The number of ketones is 1. The Bertz CT molecular complexity index is 252. The predicted octanol–water partition coefficient (Wildman–Crippen LogP) is 0.620. The number of rotatable bonds is 4. The highest BCUT2D eigenvalue weighted by molar-refractivity contribution is 5.82. The third-order valence-corrected chi connectivity index (χ3v) is 3.94. The number of piperidine rings is 1. The summed E-state index contributed by atoms with van der Waals surface area (Å²) in [6.07, 6.45) is 1.74. The first kappa shape index (κ1) is 13.0. The molecule has 4 heteroatoms. The van der Waals surface area contributed by atoms with Crippen LogP contribution in [0.5, 0.6) is 0 Å². The van der Waals surface area contributed by atoms with Crippen LogP contribution in [0.3, 0.4) is 0 Å². The minimum absolute atomic E-state index is 0.286. The Morgan fingerprint density at radius 3 is 2.59 bits per heavy atom. The number of ether oxygens (including phenoxy) is 1. The first-order valence-corrected chi connectivity index (χ1v) is 6.84. The number of carbonyl (C=O) groups excluding carboxylic acids is 1. The minimum Gasteiger partial charge on any atom is -0.379 e. The first-order chi connectivity index (χ1) is 8.29. The van der Waals surface area contributed by atoms with Gasteiger partial charge in [0, 0.05) is 51.6 Å². The summed E-state index contributed by atoms with van der Waals surface area (Å²) >= 11 is 0. The molecule has 0 saturated carbocycles. The van der Waals surface area contributed by atoms with Crippen LogP contribution in [0.4, 0.5) is 0 Å². The van der Waals surface area contributed by atoms with Crippen LogP contribution in [0, 0.1) is 5.92 Å². The summed E-state index contributed by atoms with van der Waals surface area (Å²) in [4.78, 5) is 16.5. The second-order valence-electron chi connectivity index (χ2n) is 5.08. The van der Waals surface area contributed by atoms with Gasteiger partial charge in [-0.05, 0) is 6.42 Å². The van der Waals surface area contributed by atoms with Crippen molar-refractivity contribution in [2.75, 3.05) is 52.5 Å². The summed E-state index contributed by atoms with van der Waals surface area (Å²) in [6, 6.07) is 0. The highest BCUT2D eigenvalue weighted by atomic mass is 16.5. The average Bonchev–Trinajstić information content (AvgIpc) is 2.39. The molecule has 1 unspecified atom stereocenters. The van der Waals surface area contributed by atoms with Gasteiger partial charge in [-0.2, -0.15) is 0 Å². The Morgan fingerprint density at radius 1 is 1.18 bits per heavy atom. The van der Waals surface area contributed by atoms with Gasteiger partial charge >= 0.3 is 0 Å². The molecule has 2 heterocycles. The van der Waals surface area contributed by atoms with Gasteiger partial charge in [0.25, 0.3) is 0 Å². The maximum Gasteiger partial charge on any atom is 0.138 e. The smallest absolute Gasteiger partial charge is 0.138 e. The van der Waals surface area contributed by atoms with E-state index in [1.54, 1.807) is 0 Å². The maximum atomic E-state index is 11.6. The molecule has 2 aliphatic rings. The summed E-state index contributed by atoms with van der Waals surface area (Å²) in [5.74, 6) is 0.753. The van der Waals surface area contributed by atoms with Crippen LogP contribution in [0.15, 0.2) is 0 Å². The summed E-state index contributed by atoms with van der Waals surface area (Å²) in [5.41, 5.74) is 0. The number of carbonyl (C=O) groups is 1. The summed E-state index contributed by atoms with van der Waals surface area (Å²) < 4.78 is 5.34. The van der Waals surface area contributed by atoms with Crippen LogP contribution < -0.4 is 0 Å². The Morgan fingerprint density at radius 2 is 1.88 bits per heavy atom. The molecular formula is C13H24N2O2. The zero-order chi connectivity index (χ0) is 12.1. The first-order valence-electron chi connectivity index (χ1n) is 6.84. The van der Waals surface area contributed by atoms with Gasteiger partial charge in [-0.1, -0.05) is 6.92 Å². The van der Waals surface area contributed by atoms with E-state index in [0.717, 1.165) is 65.3 Å². The van der Waals surface area contributed by atoms with Gasteiger partial charge in [-0.3, -0.25) is 9.69 Å². The van der Waals surface area contributed by atoms with Crippen molar-refractivity contribution in [3.8, 4) is 0 Å². The fourth-order valence-corrected chi connectivity index (χ4v) is 2.64. The zero-order valence-electron chi connectivity index (χ0n) is 10.9. The van der Waals surface area contributed by atoms with E-state index < -0.39 is 0 Å². The summed E-state index contributed by atoms with van der Waals surface area (Å²) in [5, 5.41) is 0. The van der Waals surface area contributed by atoms with Crippen LogP contribution in [-0.4, -0.2) is 68.1 Å². The standard InChI is InChI=1S/C13H24N2O2/c1-2-12-11-15(4-3-13(12)16)6-5-14-7-9-17-10-8-14/h12H,2-11H2,1H3. The molecule has 2 aliphatic heterocycles. The molecule has 0 N–H and O–H groups in total. The van der Waals surface area contributed by atoms with Crippen molar-refractivity contribution in [1.82, 2.24) is 9.80 Å². The molecule has 2 saturated heterocycles. The second-order valence-corrected chi connectivity index (χ2v) is 5.08. The molecule has 0 bridgehead atoms. The van der Waals surface area contributed by atoms with Crippen molar-refractivity contribution in [3.05, 3.63) is 0 Å². The number of morpholine rings is 1. The van der Waals surface area contributed by atoms with Gasteiger partial charge in [-0.25, -0.2) is 0 Å². The highest BCUT2D eigenvalue weighted by Gasteiger charge is 2.25. The predicted molar refractivity (Wildman–Crippen MR) is 67.1 cm³/mol. The minimum atomic E-state index is 0.286. The monoisotopic (exact) mass is 240 g/mol. The van der Waals surface area contributed by atoms with E-state index >= 15 is 0 Å². The maximum absolute atomic E-state index is 11.6. The molecule has 0 aromatic rings. The van der Waals surface area contributed by atoms with E-state index in [-0.39, 0.29) is 5.92 Å². The summed E-state index contributed by atoms with van der Waals surface area (Å²) in [6.45, 7) is 10.1. The molecule has 98 valence electrons. The molecule has 0 aliphatic carbocycles. The fraction of sp³-hybridized carbons (Fsp3) is 0.923. The Balaban J connectivity index is 1.70. The lowest BCUT2D eigenvalue weighted by Gasteiger charge is -2.34. The normalized spacial score (nSPS) is 28.5. The van der Waals surface area contributed by atoms with Gasteiger partial charge in [0.15, 0.2) is 0 Å². The van der Waals surface area contributed by atoms with E-state index in [1.165, 1.54) is 0 Å². The van der Waals surface area contributed by atoms with Crippen molar-refractivity contribution < 1.29 is 9.53 Å². The topological polar surface area (TPSA) is 32.8 Å². The van der Waals surface area contributed by atoms with Crippen molar-refractivity contribution in [2.24, 2.45) is 5.92 Å². The van der Waals surface area contributed by atoms with Crippen LogP contribution in [0.2, 0.25) is 0 Å². The number of hydrogen-bond donors (Lipinski definition) is 0. The number of nitrogens with zero attached hydrogens (tertiary/aromatic N) is 2. The van der Waals surface area contributed by atoms with Gasteiger partial charge in [0.05, 0.1) is 13.2 Å². The number of hydrogen-bond acceptors (Lipinski definition) is 4. The molecule has 0 amide bonds. The molecule has 2 rings (SSSR count). The van der Waals surface area contributed by atoms with E-state index in [1.807, 2.05) is 0 Å². The van der Waals surface area contributed by atoms with E-state index in [9.17, 15) is 4.79 Å². The van der Waals surface area contributed by atoms with E-state index in [0.29, 0.717) is 5.78 Å². The van der Waals surface area contributed by atoms with Crippen LogP contribution in [-0.2, 0) is 9.53 Å². The van der Waals surface area contributed by atoms with Crippen LogP contribution in [0.25, 0.3) is 0 Å². The molecule has 4 nitrogen and oxygen atoms in total. The lowest BCUT2D eigenvalue weighted by molar-refractivity contribution is -0.126. The molecule has 2 fully saturated rings. The molecule has 0 aromatic carbocycles. The largest absolute Gasteiger partial charge is 0.379 e. The molecule has 0 spiro atoms. The Kier molecular flexibility index (Phi) is 4.95. The van der Waals surface area contributed by atoms with Gasteiger partial charge < -0.3 is 9.64 Å². The van der Waals surface area contributed by atoms with Gasteiger partial charge in [0.1, 0.15) is 5.78 Å². The quantitative estimate of drug-likeness (QED) is 0.721. The SMILES string of the molecule is CCC1CN(CCN2CCOCC2)CCC1=O. The molecule has 0 aromatic heterocycles. The third kappa shape index (κ3) is 3.76. The van der Waals surface area contributed by atoms with Crippen molar-refractivity contribution in [1.29, 1.82) is 0 Å². The van der Waals surface area contributed by atoms with Crippen molar-refractivity contribution in [3.63, 3.8) is 0 Å². The van der Waals surface area contributed by atoms with Crippen molar-refractivity contribution >= 4 is 5.78 Å².